The van der Waals surface area contributed by atoms with Gasteiger partial charge in [0.1, 0.15) is 24.0 Å². The fraction of sp³-hybridized carbons (Fsp3) is 0.438. The minimum Gasteiger partial charge on any atom is -0.474 e. The average molecular weight is 301 g/mol. The van der Waals surface area contributed by atoms with Crippen LogP contribution in [0.3, 0.4) is 0 Å². The molecule has 1 aliphatic heterocycles. The number of rotatable bonds is 3. The van der Waals surface area contributed by atoms with Gasteiger partial charge in [-0.05, 0) is 19.9 Å². The van der Waals surface area contributed by atoms with E-state index in [-0.39, 0.29) is 12.0 Å². The quantitative estimate of drug-likeness (QED) is 0.870. The van der Waals surface area contributed by atoms with Crippen LogP contribution in [0.25, 0.3) is 0 Å². The van der Waals surface area contributed by atoms with Gasteiger partial charge in [-0.3, -0.25) is 4.79 Å². The minimum atomic E-state index is 0.0369. The average Bonchev–Trinajstić information content (AvgIpc) is 2.87. The molecule has 0 aliphatic carbocycles. The molecule has 3 heterocycles. The molecule has 0 spiro atoms. The molecule has 0 aromatic carbocycles. The molecule has 1 saturated heterocycles. The Balaban J connectivity index is 1.57. The number of nitrogens with zero attached hydrogens (tertiary/aromatic N) is 3. The molecule has 0 saturated carbocycles. The second-order valence-electron chi connectivity index (χ2n) is 5.48. The molecule has 2 aromatic rings. The van der Waals surface area contributed by atoms with E-state index in [0.717, 1.165) is 18.6 Å². The van der Waals surface area contributed by atoms with Crippen molar-refractivity contribution in [3.8, 4) is 5.88 Å². The second kappa shape index (κ2) is 6.17. The Kier molecular flexibility index (Phi) is 4.09. The lowest BCUT2D eigenvalue weighted by Gasteiger charge is -2.31. The van der Waals surface area contributed by atoms with Crippen molar-refractivity contribution in [1.82, 2.24) is 14.9 Å². The number of amides is 1. The Labute approximate surface area is 129 Å². The predicted molar refractivity (Wildman–Crippen MR) is 79.8 cm³/mol. The van der Waals surface area contributed by atoms with E-state index in [1.165, 1.54) is 6.33 Å². The fourth-order valence-corrected chi connectivity index (χ4v) is 2.71. The van der Waals surface area contributed by atoms with Gasteiger partial charge in [0.2, 0.25) is 5.88 Å². The molecular formula is C16H19N3O3. The van der Waals surface area contributed by atoms with Crippen molar-refractivity contribution in [2.45, 2.75) is 32.8 Å². The van der Waals surface area contributed by atoms with E-state index in [1.54, 1.807) is 18.3 Å². The number of carbonyl (C=O) groups excluding carboxylic acids is 1. The predicted octanol–water partition coefficient (Wildman–Crippen LogP) is 2.37. The molecule has 116 valence electrons. The number of ether oxygens (including phenoxy) is 1. The highest BCUT2D eigenvalue weighted by atomic mass is 16.5. The van der Waals surface area contributed by atoms with Gasteiger partial charge in [-0.1, -0.05) is 0 Å². The lowest BCUT2D eigenvalue weighted by molar-refractivity contribution is 0.0586. The smallest absolute Gasteiger partial charge is 0.257 e. The van der Waals surface area contributed by atoms with Gasteiger partial charge in [0, 0.05) is 38.2 Å². The Hall–Kier alpha value is -2.37. The van der Waals surface area contributed by atoms with Crippen molar-refractivity contribution < 1.29 is 13.9 Å². The number of carbonyl (C=O) groups is 1. The first-order chi connectivity index (χ1) is 10.6. The van der Waals surface area contributed by atoms with Crippen LogP contribution in [0, 0.1) is 13.8 Å². The van der Waals surface area contributed by atoms with Crippen molar-refractivity contribution in [1.29, 1.82) is 0 Å². The van der Waals surface area contributed by atoms with Crippen LogP contribution >= 0.6 is 0 Å². The molecule has 1 amide bonds. The maximum Gasteiger partial charge on any atom is 0.257 e. The maximum atomic E-state index is 12.5. The number of hydrogen-bond donors (Lipinski definition) is 0. The Morgan fingerprint density at radius 2 is 2.14 bits per heavy atom. The van der Waals surface area contributed by atoms with Gasteiger partial charge >= 0.3 is 0 Å². The van der Waals surface area contributed by atoms with E-state index >= 15 is 0 Å². The molecule has 6 heteroatoms. The lowest BCUT2D eigenvalue weighted by atomic mass is 10.1. The molecule has 3 rings (SSSR count). The third-order valence-corrected chi connectivity index (χ3v) is 3.84. The first kappa shape index (κ1) is 14.6. The van der Waals surface area contributed by atoms with E-state index in [9.17, 15) is 4.79 Å². The third kappa shape index (κ3) is 3.10. The highest BCUT2D eigenvalue weighted by Gasteiger charge is 2.26. The molecule has 1 aliphatic rings. The zero-order valence-corrected chi connectivity index (χ0v) is 12.8. The molecule has 1 fully saturated rings. The van der Waals surface area contributed by atoms with Crippen LogP contribution in [-0.2, 0) is 0 Å². The van der Waals surface area contributed by atoms with E-state index in [1.807, 2.05) is 18.7 Å². The van der Waals surface area contributed by atoms with Crippen LogP contribution in [0.4, 0.5) is 0 Å². The number of hydrogen-bond acceptors (Lipinski definition) is 5. The van der Waals surface area contributed by atoms with Crippen molar-refractivity contribution in [3.05, 3.63) is 41.7 Å². The SMILES string of the molecule is Cc1cc(C(=O)N2CCC(Oc3ccncn3)CC2)c(C)o1. The summed E-state index contributed by atoms with van der Waals surface area (Å²) in [5, 5.41) is 0. The van der Waals surface area contributed by atoms with E-state index in [0.29, 0.717) is 30.3 Å². The Morgan fingerprint density at radius 3 is 2.73 bits per heavy atom. The molecular weight excluding hydrogens is 282 g/mol. The van der Waals surface area contributed by atoms with Crippen molar-refractivity contribution in [2.24, 2.45) is 0 Å². The topological polar surface area (TPSA) is 68.5 Å². The summed E-state index contributed by atoms with van der Waals surface area (Å²) in [4.78, 5) is 22.3. The fourth-order valence-electron chi connectivity index (χ4n) is 2.71. The van der Waals surface area contributed by atoms with Crippen molar-refractivity contribution in [3.63, 3.8) is 0 Å². The van der Waals surface area contributed by atoms with E-state index in [2.05, 4.69) is 9.97 Å². The lowest BCUT2D eigenvalue weighted by Crippen LogP contribution is -2.41. The number of likely N-dealkylation sites (tertiary alicyclic amines) is 1. The monoisotopic (exact) mass is 301 g/mol. The van der Waals surface area contributed by atoms with Gasteiger partial charge in [-0.15, -0.1) is 0 Å². The number of aromatic nitrogens is 2. The summed E-state index contributed by atoms with van der Waals surface area (Å²) in [7, 11) is 0. The van der Waals surface area contributed by atoms with Gasteiger partial charge in [0.25, 0.3) is 5.91 Å². The minimum absolute atomic E-state index is 0.0369. The standard InChI is InChI=1S/C16H19N3O3/c1-11-9-14(12(2)21-11)16(20)19-7-4-13(5-8-19)22-15-3-6-17-10-18-15/h3,6,9-10,13H,4-5,7-8H2,1-2H3. The van der Waals surface area contributed by atoms with Crippen molar-refractivity contribution in [2.75, 3.05) is 13.1 Å². The van der Waals surface area contributed by atoms with E-state index in [4.69, 9.17) is 9.15 Å². The molecule has 0 radical (unpaired) electrons. The van der Waals surface area contributed by atoms with Gasteiger partial charge in [-0.25, -0.2) is 9.97 Å². The van der Waals surface area contributed by atoms with Crippen molar-refractivity contribution >= 4 is 5.91 Å². The summed E-state index contributed by atoms with van der Waals surface area (Å²) in [5.74, 6) is 2.07. The first-order valence-electron chi connectivity index (χ1n) is 7.42. The van der Waals surface area contributed by atoms with Crippen LogP contribution in [0.15, 0.2) is 29.1 Å². The highest BCUT2D eigenvalue weighted by molar-refractivity contribution is 5.95. The summed E-state index contributed by atoms with van der Waals surface area (Å²) in [6.07, 6.45) is 4.81. The zero-order valence-electron chi connectivity index (χ0n) is 12.8. The molecule has 6 nitrogen and oxygen atoms in total. The maximum absolute atomic E-state index is 12.5. The van der Waals surface area contributed by atoms with Crippen LogP contribution < -0.4 is 4.74 Å². The molecule has 2 aromatic heterocycles. The Bertz CT molecular complexity index is 646. The number of piperidine rings is 1. The summed E-state index contributed by atoms with van der Waals surface area (Å²) in [6.45, 7) is 5.03. The first-order valence-corrected chi connectivity index (χ1v) is 7.42. The molecule has 0 N–H and O–H groups in total. The molecule has 0 bridgehead atoms. The number of aryl methyl sites for hydroxylation is 2. The van der Waals surface area contributed by atoms with Gasteiger partial charge in [0.05, 0.1) is 5.56 Å². The van der Waals surface area contributed by atoms with Crippen LogP contribution in [0.2, 0.25) is 0 Å². The highest BCUT2D eigenvalue weighted by Crippen LogP contribution is 2.21. The molecule has 0 atom stereocenters. The Morgan fingerprint density at radius 1 is 1.36 bits per heavy atom. The summed E-state index contributed by atoms with van der Waals surface area (Å²) >= 11 is 0. The zero-order chi connectivity index (χ0) is 15.5. The van der Waals surface area contributed by atoms with Gasteiger partial charge < -0.3 is 14.1 Å². The second-order valence-corrected chi connectivity index (χ2v) is 5.48. The summed E-state index contributed by atoms with van der Waals surface area (Å²) in [6, 6.07) is 3.55. The van der Waals surface area contributed by atoms with Gasteiger partial charge in [0.15, 0.2) is 0 Å². The normalized spacial score (nSPS) is 15.8. The molecule has 0 unspecified atom stereocenters. The summed E-state index contributed by atoms with van der Waals surface area (Å²) in [5.41, 5.74) is 0.660. The van der Waals surface area contributed by atoms with E-state index < -0.39 is 0 Å². The number of furan rings is 1. The molecule has 22 heavy (non-hydrogen) atoms. The van der Waals surface area contributed by atoms with Crippen LogP contribution in [-0.4, -0.2) is 40.0 Å². The van der Waals surface area contributed by atoms with Gasteiger partial charge in [-0.2, -0.15) is 0 Å². The summed E-state index contributed by atoms with van der Waals surface area (Å²) < 4.78 is 11.2. The largest absolute Gasteiger partial charge is 0.474 e. The van der Waals surface area contributed by atoms with Crippen LogP contribution in [0.1, 0.15) is 34.7 Å². The van der Waals surface area contributed by atoms with Crippen LogP contribution in [0.5, 0.6) is 5.88 Å². The third-order valence-electron chi connectivity index (χ3n) is 3.84.